The summed E-state index contributed by atoms with van der Waals surface area (Å²) in [6.07, 6.45) is -2.86. The summed E-state index contributed by atoms with van der Waals surface area (Å²) in [6.45, 7) is 6.22. The van der Waals surface area contributed by atoms with E-state index in [1.54, 1.807) is 18.2 Å². The third-order valence-electron chi connectivity index (χ3n) is 5.05. The molecule has 35 heavy (non-hydrogen) atoms. The van der Waals surface area contributed by atoms with Crippen LogP contribution in [0.2, 0.25) is 0 Å². The zero-order valence-corrected chi connectivity index (χ0v) is 19.4. The Bertz CT molecular complexity index is 1350. The Morgan fingerprint density at radius 2 is 1.77 bits per heavy atom. The molecule has 0 fully saturated rings. The average Bonchev–Trinajstić information content (AvgIpc) is 2.80. The number of rotatable bonds is 7. The minimum absolute atomic E-state index is 0.205. The zero-order valence-electron chi connectivity index (χ0n) is 19.4. The molecule has 0 radical (unpaired) electrons. The van der Waals surface area contributed by atoms with Crippen molar-refractivity contribution < 1.29 is 13.2 Å². The summed E-state index contributed by atoms with van der Waals surface area (Å²) in [5.41, 5.74) is 3.30. The highest BCUT2D eigenvalue weighted by Gasteiger charge is 2.30. The molecule has 0 spiro atoms. The molecule has 4 rings (SSSR count). The molecule has 7 nitrogen and oxygen atoms in total. The fraction of sp³-hybridized carbons (Fsp3) is 0.240. The van der Waals surface area contributed by atoms with Crippen molar-refractivity contribution in [3.8, 4) is 0 Å². The Morgan fingerprint density at radius 3 is 2.49 bits per heavy atom. The van der Waals surface area contributed by atoms with Gasteiger partial charge in [-0.2, -0.15) is 18.3 Å². The van der Waals surface area contributed by atoms with Gasteiger partial charge in [0.1, 0.15) is 6.54 Å². The second-order valence-corrected chi connectivity index (χ2v) is 8.25. The van der Waals surface area contributed by atoms with Gasteiger partial charge in [-0.1, -0.05) is 18.2 Å². The SMILES string of the molecule is Cc1nc(N=NCc2ccc(Nc3cccc(C(F)(F)F)c3)cn2)nc2c(NC(C)C)cccc12. The lowest BCUT2D eigenvalue weighted by molar-refractivity contribution is -0.137. The number of azo groups is 1. The number of fused-ring (bicyclic) bond motifs is 1. The first-order chi connectivity index (χ1) is 16.7. The summed E-state index contributed by atoms with van der Waals surface area (Å²) >= 11 is 0. The van der Waals surface area contributed by atoms with Crippen LogP contribution in [0.15, 0.2) is 71.0 Å². The molecular formula is C25H24F3N7. The molecule has 2 aromatic carbocycles. The van der Waals surface area contributed by atoms with E-state index in [-0.39, 0.29) is 18.5 Å². The van der Waals surface area contributed by atoms with Crippen molar-refractivity contribution in [2.75, 3.05) is 10.6 Å². The van der Waals surface area contributed by atoms with E-state index >= 15 is 0 Å². The first-order valence-electron chi connectivity index (χ1n) is 11.0. The number of halogens is 3. The number of pyridine rings is 1. The number of hydrogen-bond donors (Lipinski definition) is 2. The lowest BCUT2D eigenvalue weighted by atomic mass is 10.1. The molecule has 2 heterocycles. The Kier molecular flexibility index (Phi) is 6.90. The summed E-state index contributed by atoms with van der Waals surface area (Å²) in [7, 11) is 0. The largest absolute Gasteiger partial charge is 0.416 e. The van der Waals surface area contributed by atoms with Crippen molar-refractivity contribution >= 4 is 33.9 Å². The number of nitrogens with one attached hydrogen (secondary N) is 2. The van der Waals surface area contributed by atoms with Gasteiger partial charge in [0.15, 0.2) is 0 Å². The van der Waals surface area contributed by atoms with E-state index in [0.29, 0.717) is 17.1 Å². The molecule has 0 amide bonds. The molecule has 4 aromatic rings. The Balaban J connectivity index is 1.45. The van der Waals surface area contributed by atoms with Gasteiger partial charge in [0.05, 0.1) is 40.0 Å². The maximum Gasteiger partial charge on any atom is 0.416 e. The number of nitrogens with zero attached hydrogens (tertiary/aromatic N) is 5. The highest BCUT2D eigenvalue weighted by atomic mass is 19.4. The van der Waals surface area contributed by atoms with Crippen LogP contribution >= 0.6 is 0 Å². The van der Waals surface area contributed by atoms with E-state index in [0.717, 1.165) is 34.4 Å². The third-order valence-corrected chi connectivity index (χ3v) is 5.05. The molecule has 0 bridgehead atoms. The Labute approximate surface area is 200 Å². The molecule has 0 saturated heterocycles. The van der Waals surface area contributed by atoms with Gasteiger partial charge in [0.25, 0.3) is 5.95 Å². The smallest absolute Gasteiger partial charge is 0.381 e. The Hall–Kier alpha value is -4.08. The predicted molar refractivity (Wildman–Crippen MR) is 130 cm³/mol. The number of aryl methyl sites for hydroxylation is 1. The number of aromatic nitrogens is 3. The van der Waals surface area contributed by atoms with Crippen molar-refractivity contribution in [1.82, 2.24) is 15.0 Å². The summed E-state index contributed by atoms with van der Waals surface area (Å²) in [5, 5.41) is 15.6. The van der Waals surface area contributed by atoms with Gasteiger partial charge < -0.3 is 10.6 Å². The van der Waals surface area contributed by atoms with Crippen LogP contribution in [0, 0.1) is 6.92 Å². The second-order valence-electron chi connectivity index (χ2n) is 8.25. The topological polar surface area (TPSA) is 87.5 Å². The van der Waals surface area contributed by atoms with Crippen molar-refractivity contribution in [1.29, 1.82) is 0 Å². The van der Waals surface area contributed by atoms with Crippen molar-refractivity contribution in [3.05, 3.63) is 77.7 Å². The van der Waals surface area contributed by atoms with Crippen LogP contribution in [0.4, 0.5) is 36.2 Å². The van der Waals surface area contributed by atoms with E-state index in [9.17, 15) is 13.2 Å². The summed E-state index contributed by atoms with van der Waals surface area (Å²) in [6, 6.07) is 14.6. The molecule has 2 aromatic heterocycles. The number of anilines is 3. The van der Waals surface area contributed by atoms with Crippen molar-refractivity contribution in [2.24, 2.45) is 10.2 Å². The molecule has 180 valence electrons. The summed E-state index contributed by atoms with van der Waals surface area (Å²) in [4.78, 5) is 13.3. The highest BCUT2D eigenvalue weighted by Crippen LogP contribution is 2.31. The van der Waals surface area contributed by atoms with Gasteiger partial charge in [-0.05, 0) is 57.2 Å². The minimum atomic E-state index is -4.40. The fourth-order valence-electron chi connectivity index (χ4n) is 3.47. The number of para-hydroxylation sites is 1. The van der Waals surface area contributed by atoms with Crippen LogP contribution in [0.25, 0.3) is 10.9 Å². The van der Waals surface area contributed by atoms with Crippen LogP contribution in [0.3, 0.4) is 0 Å². The predicted octanol–water partition coefficient (Wildman–Crippen LogP) is 7.20. The van der Waals surface area contributed by atoms with Crippen molar-refractivity contribution in [2.45, 2.75) is 39.5 Å². The summed E-state index contributed by atoms with van der Waals surface area (Å²) in [5.74, 6) is 0.260. The lowest BCUT2D eigenvalue weighted by Gasteiger charge is -2.13. The maximum atomic E-state index is 12.9. The van der Waals surface area contributed by atoms with Gasteiger partial charge in [0, 0.05) is 17.1 Å². The monoisotopic (exact) mass is 479 g/mol. The number of hydrogen-bond acceptors (Lipinski definition) is 7. The van der Waals surface area contributed by atoms with Gasteiger partial charge in [-0.15, -0.1) is 5.11 Å². The van der Waals surface area contributed by atoms with Crippen LogP contribution in [-0.4, -0.2) is 21.0 Å². The highest BCUT2D eigenvalue weighted by molar-refractivity contribution is 5.92. The van der Waals surface area contributed by atoms with Gasteiger partial charge in [-0.3, -0.25) is 4.98 Å². The summed E-state index contributed by atoms with van der Waals surface area (Å²) < 4.78 is 38.7. The molecule has 0 unspecified atom stereocenters. The van der Waals surface area contributed by atoms with E-state index in [1.165, 1.54) is 12.3 Å². The normalized spacial score (nSPS) is 12.0. The van der Waals surface area contributed by atoms with Gasteiger partial charge in [-0.25, -0.2) is 9.97 Å². The van der Waals surface area contributed by atoms with Crippen LogP contribution in [0.1, 0.15) is 30.8 Å². The molecule has 0 aliphatic carbocycles. The first-order valence-corrected chi connectivity index (χ1v) is 11.0. The molecule has 0 aliphatic heterocycles. The van der Waals surface area contributed by atoms with E-state index < -0.39 is 11.7 Å². The molecule has 0 aliphatic rings. The van der Waals surface area contributed by atoms with E-state index in [4.69, 9.17) is 0 Å². The third kappa shape index (κ3) is 6.08. The molecule has 0 atom stereocenters. The first kappa shape index (κ1) is 24.1. The van der Waals surface area contributed by atoms with Gasteiger partial charge >= 0.3 is 6.18 Å². The number of benzene rings is 2. The van der Waals surface area contributed by atoms with Crippen LogP contribution < -0.4 is 10.6 Å². The molecule has 0 saturated carbocycles. The number of alkyl halides is 3. The van der Waals surface area contributed by atoms with E-state index in [1.807, 2.05) is 25.1 Å². The van der Waals surface area contributed by atoms with Crippen LogP contribution in [0.5, 0.6) is 0 Å². The average molecular weight is 480 g/mol. The van der Waals surface area contributed by atoms with Crippen LogP contribution in [-0.2, 0) is 12.7 Å². The molecular weight excluding hydrogens is 455 g/mol. The van der Waals surface area contributed by atoms with Gasteiger partial charge in [0.2, 0.25) is 0 Å². The Morgan fingerprint density at radius 1 is 0.971 bits per heavy atom. The standard InChI is InChI=1S/C25H24F3N7/c1-15(2)31-22-9-5-8-21-16(3)32-24(34-23(21)22)35-30-14-19-10-11-20(13-29-19)33-18-7-4-6-17(12-18)25(26,27)28/h4-13,15,31,33H,14H2,1-3H3. The van der Waals surface area contributed by atoms with E-state index in [2.05, 4.69) is 49.7 Å². The molecule has 2 N–H and O–H groups in total. The lowest BCUT2D eigenvalue weighted by Crippen LogP contribution is -2.10. The van der Waals surface area contributed by atoms with Crippen molar-refractivity contribution in [3.63, 3.8) is 0 Å². The second kappa shape index (κ2) is 10.0. The minimum Gasteiger partial charge on any atom is -0.381 e. The maximum absolute atomic E-state index is 12.9. The quantitative estimate of drug-likeness (QED) is 0.274. The fourth-order valence-corrected chi connectivity index (χ4v) is 3.47. The zero-order chi connectivity index (χ0) is 25.0. The molecule has 10 heteroatoms.